The van der Waals surface area contributed by atoms with Gasteiger partial charge in [0.2, 0.25) is 15.9 Å². The molecule has 1 aromatic carbocycles. The number of hydrogen-bond acceptors (Lipinski definition) is 4. The second-order valence-corrected chi connectivity index (χ2v) is 8.86. The van der Waals surface area contributed by atoms with E-state index in [4.69, 9.17) is 23.2 Å². The van der Waals surface area contributed by atoms with E-state index in [0.29, 0.717) is 0 Å². The molecule has 2 amide bonds. The van der Waals surface area contributed by atoms with Gasteiger partial charge in [0.15, 0.2) is 0 Å². The summed E-state index contributed by atoms with van der Waals surface area (Å²) in [6.07, 6.45) is 1.56. The zero-order chi connectivity index (χ0) is 19.5. The van der Waals surface area contributed by atoms with Crippen LogP contribution < -0.4 is 15.4 Å². The van der Waals surface area contributed by atoms with Crippen LogP contribution >= 0.6 is 23.2 Å². The van der Waals surface area contributed by atoms with Crippen molar-refractivity contribution in [3.63, 3.8) is 0 Å². The van der Waals surface area contributed by atoms with E-state index in [9.17, 15) is 18.0 Å². The molecule has 0 radical (unpaired) electrons. The van der Waals surface area contributed by atoms with Crippen molar-refractivity contribution in [1.82, 2.24) is 15.4 Å². The molecule has 144 valence electrons. The van der Waals surface area contributed by atoms with Gasteiger partial charge in [-0.3, -0.25) is 9.59 Å². The lowest BCUT2D eigenvalue weighted by molar-refractivity contribution is -0.123. The lowest BCUT2D eigenvalue weighted by Crippen LogP contribution is -2.36. The van der Waals surface area contributed by atoms with Gasteiger partial charge in [-0.1, -0.05) is 37.0 Å². The Morgan fingerprint density at radius 1 is 1.12 bits per heavy atom. The van der Waals surface area contributed by atoms with Crippen LogP contribution in [-0.2, 0) is 14.8 Å². The van der Waals surface area contributed by atoms with Gasteiger partial charge in [0.05, 0.1) is 15.6 Å². The van der Waals surface area contributed by atoms with E-state index in [1.165, 1.54) is 6.07 Å². The number of halogens is 2. The molecule has 10 heteroatoms. The second-order valence-electron chi connectivity index (χ2n) is 6.36. The maximum absolute atomic E-state index is 12.4. The number of carbonyl (C=O) groups excluding carboxylic acids is 2. The molecule has 1 fully saturated rings. The number of rotatable bonds is 8. The fourth-order valence-electron chi connectivity index (χ4n) is 2.05. The molecule has 26 heavy (non-hydrogen) atoms. The minimum Gasteiger partial charge on any atom is -0.354 e. The molecule has 1 saturated carbocycles. The smallest absolute Gasteiger partial charge is 0.252 e. The van der Waals surface area contributed by atoms with Gasteiger partial charge in [-0.25, -0.2) is 13.1 Å². The molecule has 3 N–H and O–H groups in total. The van der Waals surface area contributed by atoms with E-state index in [1.807, 2.05) is 0 Å². The van der Waals surface area contributed by atoms with E-state index in [2.05, 4.69) is 15.4 Å². The van der Waals surface area contributed by atoms with Crippen molar-refractivity contribution in [3.05, 3.63) is 27.7 Å². The average Bonchev–Trinajstić information content (AvgIpc) is 3.33. The van der Waals surface area contributed by atoms with Crippen LogP contribution in [-0.4, -0.2) is 39.4 Å². The van der Waals surface area contributed by atoms with E-state index < -0.39 is 15.9 Å². The summed E-state index contributed by atoms with van der Waals surface area (Å²) in [5.41, 5.74) is 0.00225. The molecule has 0 bridgehead atoms. The number of sulfonamides is 1. The second kappa shape index (κ2) is 8.56. The molecule has 0 atom stereocenters. The summed E-state index contributed by atoms with van der Waals surface area (Å²) < 4.78 is 27.3. The summed E-state index contributed by atoms with van der Waals surface area (Å²) in [7, 11) is -3.82. The molecular formula is C16H21Cl2N3O4S. The number of nitrogens with one attached hydrogen (secondary N) is 3. The predicted octanol–water partition coefficient (Wildman–Crippen LogP) is 1.94. The van der Waals surface area contributed by atoms with E-state index in [-0.39, 0.29) is 51.5 Å². The standard InChI is InChI=1S/C16H21Cl2N3O4S/c1-9(2)15(22)19-5-6-20-16(23)11-7-14(13(18)8-12(11)17)26(24,25)21-10-3-4-10/h7-10,21H,3-6H2,1-2H3,(H,19,22)(H,20,23). The maximum Gasteiger partial charge on any atom is 0.252 e. The summed E-state index contributed by atoms with van der Waals surface area (Å²) in [6, 6.07) is 2.31. The Hall–Kier alpha value is -1.35. The molecule has 0 aliphatic heterocycles. The maximum atomic E-state index is 12.4. The fraction of sp³-hybridized carbons (Fsp3) is 0.500. The molecular weight excluding hydrogens is 401 g/mol. The minimum absolute atomic E-state index is 0.00225. The quantitative estimate of drug-likeness (QED) is 0.557. The van der Waals surface area contributed by atoms with Gasteiger partial charge in [0.25, 0.3) is 5.91 Å². The summed E-state index contributed by atoms with van der Waals surface area (Å²) in [5, 5.41) is 5.25. The van der Waals surface area contributed by atoms with Gasteiger partial charge in [-0.15, -0.1) is 0 Å². The van der Waals surface area contributed by atoms with Gasteiger partial charge in [0.1, 0.15) is 4.90 Å². The van der Waals surface area contributed by atoms with Crippen molar-refractivity contribution in [2.75, 3.05) is 13.1 Å². The van der Waals surface area contributed by atoms with Crippen LogP contribution in [0.1, 0.15) is 37.0 Å². The molecule has 0 spiro atoms. The number of amides is 2. The Kier molecular flexibility index (Phi) is 6.90. The number of hydrogen-bond donors (Lipinski definition) is 3. The lowest BCUT2D eigenvalue weighted by atomic mass is 10.2. The molecule has 1 aromatic rings. The van der Waals surface area contributed by atoms with Crippen LogP contribution in [0.5, 0.6) is 0 Å². The Bertz CT molecular complexity index is 808. The molecule has 0 saturated heterocycles. The third-order valence-corrected chi connectivity index (χ3v) is 5.99. The van der Waals surface area contributed by atoms with Crippen molar-refractivity contribution < 1.29 is 18.0 Å². The van der Waals surface area contributed by atoms with Gasteiger partial charge in [0, 0.05) is 25.0 Å². The highest BCUT2D eigenvalue weighted by Gasteiger charge is 2.30. The van der Waals surface area contributed by atoms with Crippen molar-refractivity contribution in [3.8, 4) is 0 Å². The average molecular weight is 422 g/mol. The highest BCUT2D eigenvalue weighted by molar-refractivity contribution is 7.89. The number of benzene rings is 1. The first-order valence-corrected chi connectivity index (χ1v) is 10.4. The molecule has 0 aromatic heterocycles. The molecule has 1 aliphatic carbocycles. The summed E-state index contributed by atoms with van der Waals surface area (Å²) in [4.78, 5) is 23.6. The highest BCUT2D eigenvalue weighted by atomic mass is 35.5. The molecule has 7 nitrogen and oxygen atoms in total. The fourth-order valence-corrected chi connectivity index (χ4v) is 4.22. The van der Waals surface area contributed by atoms with Crippen LogP contribution in [0.3, 0.4) is 0 Å². The van der Waals surface area contributed by atoms with Crippen molar-refractivity contribution in [2.45, 2.75) is 37.6 Å². The van der Waals surface area contributed by atoms with Crippen LogP contribution in [0.4, 0.5) is 0 Å². The summed E-state index contributed by atoms with van der Waals surface area (Å²) in [5.74, 6) is -0.820. The van der Waals surface area contributed by atoms with Gasteiger partial charge >= 0.3 is 0 Å². The first-order chi connectivity index (χ1) is 12.1. The molecule has 1 aliphatic rings. The molecule has 0 unspecified atom stereocenters. The lowest BCUT2D eigenvalue weighted by Gasteiger charge is -2.12. The van der Waals surface area contributed by atoms with Crippen molar-refractivity contribution in [1.29, 1.82) is 0 Å². The van der Waals surface area contributed by atoms with Crippen LogP contribution in [0, 0.1) is 5.92 Å². The third kappa shape index (κ3) is 5.57. The van der Waals surface area contributed by atoms with Crippen LogP contribution in [0.25, 0.3) is 0 Å². The Labute approximate surface area is 162 Å². The Balaban J connectivity index is 2.07. The Morgan fingerprint density at radius 2 is 1.73 bits per heavy atom. The zero-order valence-electron chi connectivity index (χ0n) is 14.4. The number of carbonyl (C=O) groups is 2. The summed E-state index contributed by atoms with van der Waals surface area (Å²) >= 11 is 12.0. The predicted molar refractivity (Wildman–Crippen MR) is 100.0 cm³/mol. The van der Waals surface area contributed by atoms with E-state index in [1.54, 1.807) is 13.8 Å². The Morgan fingerprint density at radius 3 is 2.31 bits per heavy atom. The monoisotopic (exact) mass is 421 g/mol. The SMILES string of the molecule is CC(C)C(=O)NCCNC(=O)c1cc(S(=O)(=O)NC2CC2)c(Cl)cc1Cl. The van der Waals surface area contributed by atoms with E-state index in [0.717, 1.165) is 18.9 Å². The largest absolute Gasteiger partial charge is 0.354 e. The molecule has 2 rings (SSSR count). The van der Waals surface area contributed by atoms with Crippen molar-refractivity contribution >= 4 is 45.0 Å². The van der Waals surface area contributed by atoms with Crippen molar-refractivity contribution in [2.24, 2.45) is 5.92 Å². The van der Waals surface area contributed by atoms with Crippen LogP contribution in [0.2, 0.25) is 10.0 Å². The van der Waals surface area contributed by atoms with Gasteiger partial charge in [-0.05, 0) is 25.0 Å². The van der Waals surface area contributed by atoms with E-state index >= 15 is 0 Å². The minimum atomic E-state index is -3.82. The van der Waals surface area contributed by atoms with Crippen LogP contribution in [0.15, 0.2) is 17.0 Å². The highest BCUT2D eigenvalue weighted by Crippen LogP contribution is 2.30. The van der Waals surface area contributed by atoms with Gasteiger partial charge in [-0.2, -0.15) is 0 Å². The first-order valence-electron chi connectivity index (χ1n) is 8.19. The zero-order valence-corrected chi connectivity index (χ0v) is 16.8. The molecule has 0 heterocycles. The topological polar surface area (TPSA) is 104 Å². The summed E-state index contributed by atoms with van der Waals surface area (Å²) in [6.45, 7) is 3.96. The normalized spacial score (nSPS) is 14.3. The van der Waals surface area contributed by atoms with Gasteiger partial charge < -0.3 is 10.6 Å². The third-order valence-electron chi connectivity index (χ3n) is 3.69. The first kappa shape index (κ1) is 21.0.